The van der Waals surface area contributed by atoms with Gasteiger partial charge in [0.05, 0.1) is 11.8 Å². The van der Waals surface area contributed by atoms with Crippen LogP contribution in [0.2, 0.25) is 0 Å². The minimum atomic E-state index is -3.80. The monoisotopic (exact) mass is 431 g/mol. The maximum Gasteiger partial charge on any atom is 0.271 e. The molecule has 7 nitrogen and oxygen atoms in total. The third-order valence-electron chi connectivity index (χ3n) is 4.82. The van der Waals surface area contributed by atoms with Crippen molar-refractivity contribution in [3.8, 4) is 11.3 Å². The van der Waals surface area contributed by atoms with E-state index < -0.39 is 10.0 Å². The van der Waals surface area contributed by atoms with Gasteiger partial charge in [0, 0.05) is 35.8 Å². The Kier molecular flexibility index (Phi) is 5.68. The van der Waals surface area contributed by atoms with Crippen LogP contribution in [-0.2, 0) is 10.0 Å². The van der Waals surface area contributed by atoms with E-state index in [2.05, 4.69) is 9.88 Å². The summed E-state index contributed by atoms with van der Waals surface area (Å²) in [6.07, 6.45) is 5.77. The Morgan fingerprint density at radius 3 is 2.62 bits per heavy atom. The van der Waals surface area contributed by atoms with E-state index in [1.54, 1.807) is 35.7 Å². The van der Waals surface area contributed by atoms with Gasteiger partial charge in [0.2, 0.25) is 0 Å². The van der Waals surface area contributed by atoms with E-state index in [9.17, 15) is 13.2 Å². The third-order valence-corrected chi connectivity index (χ3v) is 7.64. The molecule has 3 aromatic rings. The van der Waals surface area contributed by atoms with E-state index in [0.717, 1.165) is 50.1 Å². The predicted molar refractivity (Wildman–Crippen MR) is 111 cm³/mol. The van der Waals surface area contributed by atoms with Crippen LogP contribution >= 0.6 is 11.3 Å². The van der Waals surface area contributed by atoms with Crippen molar-refractivity contribution in [2.45, 2.75) is 29.9 Å². The molecule has 4 rings (SSSR count). The Bertz CT molecular complexity index is 1080. The zero-order chi connectivity index (χ0) is 20.3. The van der Waals surface area contributed by atoms with E-state index >= 15 is 0 Å². The number of nitrogens with one attached hydrogen (secondary N) is 1. The van der Waals surface area contributed by atoms with E-state index in [-0.39, 0.29) is 10.1 Å². The fraction of sp³-hybridized carbons (Fsp3) is 0.300. The van der Waals surface area contributed by atoms with Crippen molar-refractivity contribution in [3.05, 3.63) is 53.5 Å². The van der Waals surface area contributed by atoms with Crippen LogP contribution < -0.4 is 4.72 Å². The summed E-state index contributed by atoms with van der Waals surface area (Å²) in [4.78, 5) is 14.5. The molecule has 0 aliphatic carbocycles. The first-order valence-electron chi connectivity index (χ1n) is 9.45. The minimum Gasteiger partial charge on any atom is -0.356 e. The van der Waals surface area contributed by atoms with Gasteiger partial charge in [-0.3, -0.25) is 9.52 Å². The molecule has 0 spiro atoms. The number of carbonyl (C=O) groups is 1. The number of hydrogen-bond acceptors (Lipinski definition) is 6. The molecule has 2 aromatic heterocycles. The molecule has 1 amide bonds. The lowest BCUT2D eigenvalue weighted by Crippen LogP contribution is -2.31. The van der Waals surface area contributed by atoms with E-state index in [0.29, 0.717) is 22.6 Å². The van der Waals surface area contributed by atoms with Crippen molar-refractivity contribution < 1.29 is 17.7 Å². The van der Waals surface area contributed by atoms with Gasteiger partial charge < -0.3 is 9.42 Å². The summed E-state index contributed by atoms with van der Waals surface area (Å²) >= 11 is 1.05. The molecule has 152 valence electrons. The molecule has 3 heterocycles. The Hall–Kier alpha value is -2.65. The molecule has 1 N–H and O–H groups in total. The molecular weight excluding hydrogens is 410 g/mol. The first kappa shape index (κ1) is 19.7. The molecule has 1 aromatic carbocycles. The van der Waals surface area contributed by atoms with Crippen molar-refractivity contribution in [2.24, 2.45) is 0 Å². The van der Waals surface area contributed by atoms with Gasteiger partial charge in [-0.25, -0.2) is 8.42 Å². The Labute approximate surface area is 173 Å². The Balaban J connectivity index is 1.51. The largest absolute Gasteiger partial charge is 0.356 e. The van der Waals surface area contributed by atoms with Crippen molar-refractivity contribution in [1.29, 1.82) is 0 Å². The molecular formula is C20H21N3O4S2. The SMILES string of the molecule is O=C(c1csc(S(=O)(=O)Nc2cccc(-c3ccno3)c2)c1)N1CCCCCC1. The summed E-state index contributed by atoms with van der Waals surface area (Å²) in [6, 6.07) is 10.0. The zero-order valence-corrected chi connectivity index (χ0v) is 17.3. The molecule has 1 aliphatic rings. The fourth-order valence-electron chi connectivity index (χ4n) is 3.33. The predicted octanol–water partition coefficient (Wildman–Crippen LogP) is 4.22. The molecule has 0 unspecified atom stereocenters. The second-order valence-electron chi connectivity index (χ2n) is 6.92. The van der Waals surface area contributed by atoms with Crippen LogP contribution in [0.25, 0.3) is 11.3 Å². The molecule has 1 saturated heterocycles. The average Bonchev–Trinajstić information content (AvgIpc) is 3.35. The van der Waals surface area contributed by atoms with Gasteiger partial charge in [0.15, 0.2) is 5.76 Å². The van der Waals surface area contributed by atoms with Crippen LogP contribution in [0.4, 0.5) is 5.69 Å². The number of aromatic nitrogens is 1. The maximum absolute atomic E-state index is 12.8. The molecule has 0 bridgehead atoms. The van der Waals surface area contributed by atoms with Gasteiger partial charge >= 0.3 is 0 Å². The van der Waals surface area contributed by atoms with Gasteiger partial charge in [0.1, 0.15) is 4.21 Å². The molecule has 9 heteroatoms. The Morgan fingerprint density at radius 1 is 1.10 bits per heavy atom. The highest BCUT2D eigenvalue weighted by Crippen LogP contribution is 2.27. The van der Waals surface area contributed by atoms with Gasteiger partial charge in [-0.05, 0) is 31.0 Å². The number of hydrogen-bond donors (Lipinski definition) is 1. The van der Waals surface area contributed by atoms with Crippen LogP contribution in [0.15, 0.2) is 56.7 Å². The first-order chi connectivity index (χ1) is 14.0. The van der Waals surface area contributed by atoms with Crippen molar-refractivity contribution >= 4 is 33.0 Å². The number of benzene rings is 1. The molecule has 0 saturated carbocycles. The van der Waals surface area contributed by atoms with Crippen LogP contribution in [0.1, 0.15) is 36.0 Å². The second kappa shape index (κ2) is 8.38. The Morgan fingerprint density at radius 2 is 1.90 bits per heavy atom. The highest BCUT2D eigenvalue weighted by Gasteiger charge is 2.23. The second-order valence-corrected chi connectivity index (χ2v) is 9.74. The summed E-state index contributed by atoms with van der Waals surface area (Å²) in [5, 5.41) is 5.28. The topological polar surface area (TPSA) is 92.5 Å². The van der Waals surface area contributed by atoms with E-state index in [1.165, 1.54) is 12.3 Å². The third kappa shape index (κ3) is 4.51. The van der Waals surface area contributed by atoms with E-state index in [1.807, 2.05) is 4.90 Å². The standard InChI is InChI=1S/C20H21N3O4S2/c24-20(23-10-3-1-2-4-11-23)16-13-19(28-14-16)29(25,26)22-17-7-5-6-15(12-17)18-8-9-21-27-18/h5-9,12-14,22H,1-4,10-11H2. The van der Waals surface area contributed by atoms with Crippen molar-refractivity contribution in [2.75, 3.05) is 17.8 Å². The molecule has 0 atom stereocenters. The molecule has 29 heavy (non-hydrogen) atoms. The average molecular weight is 432 g/mol. The van der Waals surface area contributed by atoms with Gasteiger partial charge in [0.25, 0.3) is 15.9 Å². The van der Waals surface area contributed by atoms with Gasteiger partial charge in [-0.2, -0.15) is 0 Å². The lowest BCUT2D eigenvalue weighted by Gasteiger charge is -2.19. The molecule has 1 aliphatic heterocycles. The number of likely N-dealkylation sites (tertiary alicyclic amines) is 1. The quantitative estimate of drug-likeness (QED) is 0.653. The summed E-state index contributed by atoms with van der Waals surface area (Å²) in [5.41, 5.74) is 1.55. The smallest absolute Gasteiger partial charge is 0.271 e. The number of rotatable bonds is 5. The summed E-state index contributed by atoms with van der Waals surface area (Å²) in [5.74, 6) is 0.449. The lowest BCUT2D eigenvalue weighted by molar-refractivity contribution is 0.0762. The number of sulfonamides is 1. The van der Waals surface area contributed by atoms with Crippen LogP contribution in [0.3, 0.4) is 0 Å². The minimum absolute atomic E-state index is 0.100. The van der Waals surface area contributed by atoms with Crippen LogP contribution in [0.5, 0.6) is 0 Å². The van der Waals surface area contributed by atoms with Crippen molar-refractivity contribution in [3.63, 3.8) is 0 Å². The number of amides is 1. The van der Waals surface area contributed by atoms with Crippen LogP contribution in [-0.4, -0.2) is 37.5 Å². The highest BCUT2D eigenvalue weighted by atomic mass is 32.2. The van der Waals surface area contributed by atoms with Crippen molar-refractivity contribution in [1.82, 2.24) is 10.1 Å². The first-order valence-corrected chi connectivity index (χ1v) is 11.8. The van der Waals surface area contributed by atoms with Gasteiger partial charge in [-0.1, -0.05) is 30.1 Å². The maximum atomic E-state index is 12.8. The summed E-state index contributed by atoms with van der Waals surface area (Å²) in [7, 11) is -3.80. The number of nitrogens with zero attached hydrogens (tertiary/aromatic N) is 2. The summed E-state index contributed by atoms with van der Waals surface area (Å²) in [6.45, 7) is 1.45. The molecule has 1 fully saturated rings. The number of thiophene rings is 1. The normalized spacial score (nSPS) is 15.1. The lowest BCUT2D eigenvalue weighted by atomic mass is 10.1. The zero-order valence-electron chi connectivity index (χ0n) is 15.7. The molecule has 0 radical (unpaired) electrons. The van der Waals surface area contributed by atoms with Crippen LogP contribution in [0, 0.1) is 0 Å². The fourth-order valence-corrected chi connectivity index (χ4v) is 5.54. The summed E-state index contributed by atoms with van der Waals surface area (Å²) < 4.78 is 33.4. The number of carbonyl (C=O) groups excluding carboxylic acids is 1. The number of anilines is 1. The highest BCUT2D eigenvalue weighted by molar-refractivity contribution is 7.94. The van der Waals surface area contributed by atoms with Gasteiger partial charge in [-0.15, -0.1) is 11.3 Å². The van der Waals surface area contributed by atoms with E-state index in [4.69, 9.17) is 4.52 Å².